The highest BCUT2D eigenvalue weighted by atomic mass is 19.1. The number of rotatable bonds is 8. The molecule has 2 aromatic carbocycles. The van der Waals surface area contributed by atoms with Crippen LogP contribution >= 0.6 is 0 Å². The first kappa shape index (κ1) is 23.1. The van der Waals surface area contributed by atoms with Crippen LogP contribution in [0.5, 0.6) is 0 Å². The molecule has 7 nitrogen and oxygen atoms in total. The third-order valence-electron chi connectivity index (χ3n) is 5.00. The molecule has 0 bridgehead atoms. The lowest BCUT2D eigenvalue weighted by Gasteiger charge is -2.21. The maximum atomic E-state index is 13.3. The normalized spacial score (nSPS) is 12.8. The lowest BCUT2D eigenvalue weighted by atomic mass is 10.1. The van der Waals surface area contributed by atoms with Gasteiger partial charge in [-0.3, -0.25) is 19.6 Å². The molecule has 1 heterocycles. The molecule has 9 heteroatoms. The monoisotopic (exact) mass is 442 g/mol. The largest absolute Gasteiger partial charge is 0.378 e. The third kappa shape index (κ3) is 5.76. The van der Waals surface area contributed by atoms with Gasteiger partial charge in [0.05, 0.1) is 5.69 Å². The summed E-state index contributed by atoms with van der Waals surface area (Å²) in [5.74, 6) is -2.80. The van der Waals surface area contributed by atoms with Crippen LogP contribution in [-0.4, -0.2) is 40.2 Å². The van der Waals surface area contributed by atoms with Crippen molar-refractivity contribution in [2.45, 2.75) is 31.9 Å². The van der Waals surface area contributed by atoms with Crippen LogP contribution in [0.15, 0.2) is 54.6 Å². The van der Waals surface area contributed by atoms with E-state index < -0.39 is 35.6 Å². The zero-order valence-corrected chi connectivity index (χ0v) is 17.7. The second-order valence-electron chi connectivity index (χ2n) is 7.46. The molecule has 168 valence electrons. The van der Waals surface area contributed by atoms with Crippen molar-refractivity contribution in [3.8, 4) is 0 Å². The Labute approximate surface area is 184 Å². The number of hydrogen-bond acceptors (Lipinski definition) is 4. The second-order valence-corrected chi connectivity index (χ2v) is 7.46. The van der Waals surface area contributed by atoms with Gasteiger partial charge in [-0.15, -0.1) is 0 Å². The van der Waals surface area contributed by atoms with Crippen LogP contribution in [0.4, 0.5) is 14.6 Å². The number of aliphatic hydroxyl groups is 1. The maximum absolute atomic E-state index is 13.3. The smallest absolute Gasteiger partial charge is 0.254 e. The molecule has 0 saturated heterocycles. The number of halogens is 2. The van der Waals surface area contributed by atoms with E-state index in [1.54, 1.807) is 6.07 Å². The minimum absolute atomic E-state index is 0.246. The minimum Gasteiger partial charge on any atom is -0.378 e. The molecule has 32 heavy (non-hydrogen) atoms. The molecule has 0 spiro atoms. The van der Waals surface area contributed by atoms with Crippen LogP contribution in [0, 0.1) is 11.6 Å². The van der Waals surface area contributed by atoms with E-state index in [2.05, 4.69) is 15.5 Å². The van der Waals surface area contributed by atoms with E-state index in [1.165, 1.54) is 24.4 Å². The van der Waals surface area contributed by atoms with Crippen molar-refractivity contribution in [1.82, 2.24) is 15.5 Å². The summed E-state index contributed by atoms with van der Waals surface area (Å²) in [6.45, 7) is 1.45. The Hall–Kier alpha value is -3.59. The number of H-pyrrole nitrogens is 1. The van der Waals surface area contributed by atoms with Crippen LogP contribution in [0.2, 0.25) is 0 Å². The minimum atomic E-state index is -1.82. The molecule has 3 rings (SSSR count). The Morgan fingerprint density at radius 2 is 1.75 bits per heavy atom. The quantitative estimate of drug-likeness (QED) is 0.500. The lowest BCUT2D eigenvalue weighted by Crippen LogP contribution is -2.47. The van der Waals surface area contributed by atoms with Gasteiger partial charge in [0.2, 0.25) is 5.91 Å². The fraction of sp³-hybridized carbons (Fsp3) is 0.261. The van der Waals surface area contributed by atoms with Crippen LogP contribution in [0.3, 0.4) is 0 Å². The van der Waals surface area contributed by atoms with E-state index in [0.29, 0.717) is 18.3 Å². The van der Waals surface area contributed by atoms with E-state index in [0.717, 1.165) is 24.2 Å². The molecule has 3 aromatic rings. The van der Waals surface area contributed by atoms with Crippen LogP contribution in [-0.2, 0) is 22.4 Å². The van der Waals surface area contributed by atoms with Gasteiger partial charge in [0, 0.05) is 19.2 Å². The summed E-state index contributed by atoms with van der Waals surface area (Å²) in [7, 11) is 1.53. The molecule has 0 fully saturated rings. The first-order valence-corrected chi connectivity index (χ1v) is 10.0. The number of benzene rings is 2. The number of likely N-dealkylation sites (N-methyl/N-ethyl adjacent to an activating group) is 1. The van der Waals surface area contributed by atoms with Crippen molar-refractivity contribution in [3.05, 3.63) is 83.1 Å². The van der Waals surface area contributed by atoms with Gasteiger partial charge in [0.1, 0.15) is 23.5 Å². The maximum Gasteiger partial charge on any atom is 0.254 e. The molecule has 0 aliphatic carbocycles. The van der Waals surface area contributed by atoms with Gasteiger partial charge in [-0.2, -0.15) is 5.10 Å². The Balaban J connectivity index is 1.58. The zero-order chi connectivity index (χ0) is 23.3. The number of carbonyl (C=O) groups excluding carboxylic acids is 2. The Bertz CT molecular complexity index is 1070. The molecule has 0 aliphatic heterocycles. The average molecular weight is 442 g/mol. The SMILES string of the molecule is C[C@H](NC(=O)[C@@H](O)c1cc(F)cc(F)c1)C(=O)N(C)c1cc(CCc2ccccc2)n[nH]1. The Morgan fingerprint density at radius 3 is 2.41 bits per heavy atom. The van der Waals surface area contributed by atoms with E-state index in [-0.39, 0.29) is 5.56 Å². The van der Waals surface area contributed by atoms with Gasteiger partial charge in [-0.25, -0.2) is 8.78 Å². The lowest BCUT2D eigenvalue weighted by molar-refractivity contribution is -0.133. The summed E-state index contributed by atoms with van der Waals surface area (Å²) in [4.78, 5) is 26.3. The first-order valence-electron chi connectivity index (χ1n) is 10.0. The number of amides is 2. The highest BCUT2D eigenvalue weighted by molar-refractivity contribution is 5.98. The highest BCUT2D eigenvalue weighted by Gasteiger charge is 2.26. The molecule has 3 N–H and O–H groups in total. The van der Waals surface area contributed by atoms with Crippen molar-refractivity contribution < 1.29 is 23.5 Å². The van der Waals surface area contributed by atoms with Crippen LogP contribution < -0.4 is 10.2 Å². The summed E-state index contributed by atoms with van der Waals surface area (Å²) in [5, 5.41) is 19.5. The summed E-state index contributed by atoms with van der Waals surface area (Å²) < 4.78 is 26.7. The van der Waals surface area contributed by atoms with Gasteiger partial charge < -0.3 is 10.4 Å². The molecule has 2 atom stereocenters. The van der Waals surface area contributed by atoms with Gasteiger partial charge in [0.25, 0.3) is 5.91 Å². The predicted molar refractivity (Wildman–Crippen MR) is 115 cm³/mol. The topological polar surface area (TPSA) is 98.3 Å². The van der Waals surface area contributed by atoms with Crippen LogP contribution in [0.25, 0.3) is 0 Å². The van der Waals surface area contributed by atoms with E-state index in [4.69, 9.17) is 0 Å². The van der Waals surface area contributed by atoms with Crippen molar-refractivity contribution in [2.75, 3.05) is 11.9 Å². The molecule has 0 radical (unpaired) electrons. The fourth-order valence-electron chi connectivity index (χ4n) is 3.22. The Kier molecular flexibility index (Phi) is 7.32. The number of hydrogen-bond donors (Lipinski definition) is 3. The summed E-state index contributed by atoms with van der Waals surface area (Å²) >= 11 is 0. The molecular formula is C23H24F2N4O3. The standard InChI is InChI=1S/C23H24F2N4O3/c1-14(26-22(31)21(30)16-10-17(24)12-18(25)11-16)23(32)29(2)20-13-19(27-28-20)9-8-15-6-4-3-5-7-15/h3-7,10-14,21,30H,8-9H2,1-2H3,(H,26,31)(H,27,28)/t14-,21-/m0/s1. The highest BCUT2D eigenvalue weighted by Crippen LogP contribution is 2.18. The number of nitrogens with one attached hydrogen (secondary N) is 2. The van der Waals surface area contributed by atoms with E-state index >= 15 is 0 Å². The van der Waals surface area contributed by atoms with Crippen molar-refractivity contribution in [1.29, 1.82) is 0 Å². The molecule has 0 saturated carbocycles. The number of aromatic nitrogens is 2. The van der Waals surface area contributed by atoms with E-state index in [9.17, 15) is 23.5 Å². The van der Waals surface area contributed by atoms with E-state index in [1.807, 2.05) is 30.3 Å². The van der Waals surface area contributed by atoms with Crippen LogP contribution in [0.1, 0.15) is 29.8 Å². The summed E-state index contributed by atoms with van der Waals surface area (Å²) in [6.07, 6.45) is -0.337. The van der Waals surface area contributed by atoms with Crippen molar-refractivity contribution >= 4 is 17.6 Å². The van der Waals surface area contributed by atoms with Gasteiger partial charge >= 0.3 is 0 Å². The molecule has 0 unspecified atom stereocenters. The first-order chi connectivity index (χ1) is 15.2. The number of carbonyl (C=O) groups is 2. The number of nitrogens with zero attached hydrogens (tertiary/aromatic N) is 2. The van der Waals surface area contributed by atoms with Gasteiger partial charge in [-0.1, -0.05) is 30.3 Å². The number of aliphatic hydroxyl groups excluding tert-OH is 1. The number of aromatic amines is 1. The number of anilines is 1. The molecule has 2 amide bonds. The summed E-state index contributed by atoms with van der Waals surface area (Å²) in [5.41, 5.74) is 1.71. The molecule has 1 aromatic heterocycles. The van der Waals surface area contributed by atoms with Crippen molar-refractivity contribution in [3.63, 3.8) is 0 Å². The summed E-state index contributed by atoms with van der Waals surface area (Å²) in [6, 6.07) is 13.0. The molecule has 0 aliphatic rings. The molecular weight excluding hydrogens is 418 g/mol. The predicted octanol–water partition coefficient (Wildman–Crippen LogP) is 2.67. The fourth-order valence-corrected chi connectivity index (χ4v) is 3.22. The number of aryl methyl sites for hydroxylation is 2. The third-order valence-corrected chi connectivity index (χ3v) is 5.00. The van der Waals surface area contributed by atoms with Crippen molar-refractivity contribution in [2.24, 2.45) is 0 Å². The average Bonchev–Trinajstić information content (AvgIpc) is 3.25. The second kappa shape index (κ2) is 10.1. The zero-order valence-electron chi connectivity index (χ0n) is 17.7. The van der Waals surface area contributed by atoms with Gasteiger partial charge in [0.15, 0.2) is 6.10 Å². The van der Waals surface area contributed by atoms with Gasteiger partial charge in [-0.05, 0) is 43.0 Å². The Morgan fingerprint density at radius 1 is 1.09 bits per heavy atom.